The number of nitro benzene ring substituents is 1. The van der Waals surface area contributed by atoms with Gasteiger partial charge in [0.15, 0.2) is 0 Å². The van der Waals surface area contributed by atoms with Crippen LogP contribution in [0.1, 0.15) is 22.7 Å². The Kier molecular flexibility index (Phi) is 6.37. The smallest absolute Gasteiger partial charge is 0.295 e. The molecule has 0 radical (unpaired) electrons. The van der Waals surface area contributed by atoms with Crippen molar-refractivity contribution in [2.75, 3.05) is 6.54 Å². The third kappa shape index (κ3) is 4.56. The highest BCUT2D eigenvalue weighted by atomic mass is 79.9. The monoisotopic (exact) mass is 506 g/mol. The van der Waals surface area contributed by atoms with E-state index in [0.717, 1.165) is 10.0 Å². The van der Waals surface area contributed by atoms with Gasteiger partial charge in [0.1, 0.15) is 5.76 Å². The summed E-state index contributed by atoms with van der Waals surface area (Å²) in [5, 5.41) is 22.1. The molecule has 1 amide bonds. The first kappa shape index (κ1) is 22.4. The highest BCUT2D eigenvalue weighted by Gasteiger charge is 2.45. The maximum absolute atomic E-state index is 13.0. The molecule has 3 aromatic carbocycles. The highest BCUT2D eigenvalue weighted by molar-refractivity contribution is 9.10. The molecule has 166 valence electrons. The van der Waals surface area contributed by atoms with E-state index in [9.17, 15) is 24.8 Å². The minimum atomic E-state index is -0.863. The molecule has 0 aromatic heterocycles. The van der Waals surface area contributed by atoms with Crippen molar-refractivity contribution in [1.29, 1.82) is 0 Å². The molecule has 3 aromatic rings. The Morgan fingerprint density at radius 2 is 1.61 bits per heavy atom. The minimum Gasteiger partial charge on any atom is -0.507 e. The molecule has 1 aliphatic rings. The molecule has 0 spiro atoms. The van der Waals surface area contributed by atoms with E-state index in [1.54, 1.807) is 24.3 Å². The first-order valence-electron chi connectivity index (χ1n) is 10.2. The van der Waals surface area contributed by atoms with E-state index < -0.39 is 22.7 Å². The lowest BCUT2D eigenvalue weighted by atomic mass is 9.95. The van der Waals surface area contributed by atoms with E-state index in [-0.39, 0.29) is 23.6 Å². The fraction of sp³-hybridized carbons (Fsp3) is 0.120. The quantitative estimate of drug-likeness (QED) is 0.166. The number of carbonyl (C=O) groups excluding carboxylic acids is 2. The normalized spacial score (nSPS) is 17.4. The first-order chi connectivity index (χ1) is 15.9. The summed E-state index contributed by atoms with van der Waals surface area (Å²) in [6, 6.07) is 21.1. The number of nitro groups is 1. The van der Waals surface area contributed by atoms with Crippen molar-refractivity contribution in [3.63, 3.8) is 0 Å². The van der Waals surface area contributed by atoms with E-state index in [2.05, 4.69) is 15.9 Å². The third-order valence-corrected chi connectivity index (χ3v) is 6.09. The van der Waals surface area contributed by atoms with Crippen LogP contribution in [0.4, 0.5) is 5.69 Å². The van der Waals surface area contributed by atoms with Crippen LogP contribution >= 0.6 is 15.9 Å². The topological polar surface area (TPSA) is 101 Å². The van der Waals surface area contributed by atoms with Gasteiger partial charge in [-0.1, -0.05) is 58.4 Å². The number of aliphatic hydroxyl groups is 1. The number of benzene rings is 3. The van der Waals surface area contributed by atoms with Gasteiger partial charge < -0.3 is 10.0 Å². The lowest BCUT2D eigenvalue weighted by Crippen LogP contribution is -2.31. The molecule has 0 aliphatic carbocycles. The molecular formula is C25H19BrN2O5. The molecule has 1 atom stereocenters. The first-order valence-corrected chi connectivity index (χ1v) is 11.0. The van der Waals surface area contributed by atoms with Crippen molar-refractivity contribution < 1.29 is 19.6 Å². The van der Waals surface area contributed by atoms with Gasteiger partial charge in [-0.25, -0.2) is 0 Å². The van der Waals surface area contributed by atoms with Gasteiger partial charge >= 0.3 is 0 Å². The van der Waals surface area contributed by atoms with Gasteiger partial charge in [-0.15, -0.1) is 0 Å². The van der Waals surface area contributed by atoms with Crippen LogP contribution in [0, 0.1) is 10.1 Å². The molecule has 33 heavy (non-hydrogen) atoms. The Labute approximate surface area is 198 Å². The number of nitrogens with zero attached hydrogens (tertiary/aromatic N) is 2. The molecule has 4 rings (SSSR count). The lowest BCUT2D eigenvalue weighted by Gasteiger charge is -2.25. The Bertz CT molecular complexity index is 1240. The van der Waals surface area contributed by atoms with Crippen LogP contribution < -0.4 is 0 Å². The Morgan fingerprint density at radius 1 is 0.970 bits per heavy atom. The van der Waals surface area contributed by atoms with Crippen LogP contribution in [0.5, 0.6) is 0 Å². The molecule has 1 heterocycles. The number of carbonyl (C=O) groups is 2. The number of non-ortho nitro benzene ring substituents is 1. The van der Waals surface area contributed by atoms with Gasteiger partial charge in [0, 0.05) is 28.7 Å². The average molecular weight is 507 g/mol. The number of Topliss-reactive ketones (excluding diaryl/α,β-unsaturated/α-hetero) is 1. The van der Waals surface area contributed by atoms with E-state index in [1.807, 2.05) is 30.3 Å². The number of halogens is 1. The van der Waals surface area contributed by atoms with Gasteiger partial charge in [0.25, 0.3) is 17.4 Å². The third-order valence-electron chi connectivity index (χ3n) is 5.56. The summed E-state index contributed by atoms with van der Waals surface area (Å²) < 4.78 is 0.800. The second-order valence-electron chi connectivity index (χ2n) is 7.58. The van der Waals surface area contributed by atoms with E-state index >= 15 is 0 Å². The van der Waals surface area contributed by atoms with E-state index in [1.165, 1.54) is 29.2 Å². The summed E-state index contributed by atoms with van der Waals surface area (Å²) in [7, 11) is 0. The number of hydrogen-bond donors (Lipinski definition) is 1. The number of rotatable bonds is 6. The van der Waals surface area contributed by atoms with Crippen molar-refractivity contribution in [2.45, 2.75) is 12.5 Å². The van der Waals surface area contributed by atoms with Crippen molar-refractivity contribution >= 4 is 39.1 Å². The second-order valence-corrected chi connectivity index (χ2v) is 8.50. The van der Waals surface area contributed by atoms with E-state index in [4.69, 9.17) is 0 Å². The van der Waals surface area contributed by atoms with Crippen LogP contribution in [0.3, 0.4) is 0 Å². The zero-order valence-electron chi connectivity index (χ0n) is 17.3. The second kappa shape index (κ2) is 9.38. The summed E-state index contributed by atoms with van der Waals surface area (Å²) >= 11 is 3.34. The Balaban J connectivity index is 1.79. The number of ketones is 1. The van der Waals surface area contributed by atoms with Crippen LogP contribution in [-0.4, -0.2) is 33.2 Å². The van der Waals surface area contributed by atoms with Crippen molar-refractivity contribution in [1.82, 2.24) is 4.90 Å². The standard InChI is InChI=1S/C25H19BrN2O5/c26-19-10-6-18(7-11-19)23(29)21-22(17-8-12-20(13-9-17)28(32)33)27(25(31)24(21)30)15-14-16-4-2-1-3-5-16/h1-13,22,29H,14-15H2/t22-/m1/s1. The maximum Gasteiger partial charge on any atom is 0.295 e. The molecule has 1 saturated heterocycles. The van der Waals surface area contributed by atoms with Gasteiger partial charge in [0.05, 0.1) is 16.5 Å². The van der Waals surface area contributed by atoms with Gasteiger partial charge in [-0.05, 0) is 41.8 Å². The lowest BCUT2D eigenvalue weighted by molar-refractivity contribution is -0.384. The maximum atomic E-state index is 13.0. The van der Waals surface area contributed by atoms with Crippen molar-refractivity contribution in [2.24, 2.45) is 0 Å². The summed E-state index contributed by atoms with van der Waals surface area (Å²) in [5.41, 5.74) is 1.75. The number of likely N-dealkylation sites (tertiary alicyclic amines) is 1. The summed E-state index contributed by atoms with van der Waals surface area (Å²) in [6.45, 7) is 0.243. The molecule has 7 nitrogen and oxygen atoms in total. The van der Waals surface area contributed by atoms with Crippen LogP contribution in [-0.2, 0) is 16.0 Å². The number of hydrogen-bond acceptors (Lipinski definition) is 5. The predicted octanol–water partition coefficient (Wildman–Crippen LogP) is 5.02. The minimum absolute atomic E-state index is 0.0377. The molecule has 0 unspecified atom stereocenters. The van der Waals surface area contributed by atoms with Crippen molar-refractivity contribution in [3.05, 3.63) is 116 Å². The zero-order valence-corrected chi connectivity index (χ0v) is 18.9. The number of aliphatic hydroxyl groups excluding tert-OH is 1. The average Bonchev–Trinajstić information content (AvgIpc) is 3.08. The van der Waals surface area contributed by atoms with Gasteiger partial charge in [0.2, 0.25) is 0 Å². The fourth-order valence-electron chi connectivity index (χ4n) is 3.89. The molecule has 0 bridgehead atoms. The SMILES string of the molecule is O=C1C(=O)N(CCc2ccccc2)[C@H](c2ccc([N+](=O)[O-])cc2)C1=C(O)c1ccc(Br)cc1. The number of amides is 1. The van der Waals surface area contributed by atoms with Crippen LogP contribution in [0.2, 0.25) is 0 Å². The molecule has 1 N–H and O–H groups in total. The fourth-order valence-corrected chi connectivity index (χ4v) is 4.16. The van der Waals surface area contributed by atoms with Gasteiger partial charge in [-0.3, -0.25) is 19.7 Å². The van der Waals surface area contributed by atoms with Crippen molar-refractivity contribution in [3.8, 4) is 0 Å². The molecular weight excluding hydrogens is 488 g/mol. The summed E-state index contributed by atoms with van der Waals surface area (Å²) in [4.78, 5) is 38.0. The predicted molar refractivity (Wildman–Crippen MR) is 126 cm³/mol. The van der Waals surface area contributed by atoms with Crippen LogP contribution in [0.25, 0.3) is 5.76 Å². The van der Waals surface area contributed by atoms with E-state index in [0.29, 0.717) is 17.5 Å². The molecule has 0 saturated carbocycles. The summed E-state index contributed by atoms with van der Waals surface area (Å²) in [6.07, 6.45) is 0.510. The Hall–Kier alpha value is -3.78. The molecule has 1 fully saturated rings. The van der Waals surface area contributed by atoms with Gasteiger partial charge in [-0.2, -0.15) is 0 Å². The largest absolute Gasteiger partial charge is 0.507 e. The highest BCUT2D eigenvalue weighted by Crippen LogP contribution is 2.40. The zero-order chi connectivity index (χ0) is 23.5. The molecule has 1 aliphatic heterocycles. The Morgan fingerprint density at radius 3 is 2.21 bits per heavy atom. The summed E-state index contributed by atoms with van der Waals surface area (Å²) in [5.74, 6) is -1.79. The van der Waals surface area contributed by atoms with Crippen LogP contribution in [0.15, 0.2) is 88.9 Å². The molecule has 8 heteroatoms.